The van der Waals surface area contributed by atoms with Crippen molar-refractivity contribution < 1.29 is 9.59 Å². The van der Waals surface area contributed by atoms with E-state index in [1.807, 2.05) is 0 Å². The average Bonchev–Trinajstić information content (AvgIpc) is 3.23. The summed E-state index contributed by atoms with van der Waals surface area (Å²) in [6, 6.07) is -0.258. The highest BCUT2D eigenvalue weighted by molar-refractivity contribution is 6.99. The molecule has 8 heteroatoms. The molecule has 0 radical (unpaired) electrons. The van der Waals surface area contributed by atoms with E-state index in [1.54, 1.807) is 4.90 Å². The summed E-state index contributed by atoms with van der Waals surface area (Å²) >= 11 is 0.955. The average molecular weight is 319 g/mol. The minimum atomic E-state index is -0.450. The molecule has 2 N–H and O–H groups in total. The van der Waals surface area contributed by atoms with Crippen molar-refractivity contribution in [3.63, 3.8) is 0 Å². The van der Waals surface area contributed by atoms with E-state index in [0.29, 0.717) is 17.8 Å². The first-order valence-corrected chi connectivity index (χ1v) is 8.12. The van der Waals surface area contributed by atoms with Gasteiger partial charge in [0.05, 0.1) is 17.9 Å². The lowest BCUT2D eigenvalue weighted by Crippen LogP contribution is -2.48. The number of urea groups is 1. The highest BCUT2D eigenvalue weighted by atomic mass is 32.1. The fraction of sp³-hybridized carbons (Fsp3) is 0.571. The summed E-state index contributed by atoms with van der Waals surface area (Å²) in [5.41, 5.74) is 5.25. The molecule has 3 aliphatic rings. The van der Waals surface area contributed by atoms with Gasteiger partial charge in [-0.2, -0.15) is 8.75 Å². The van der Waals surface area contributed by atoms with Crippen molar-refractivity contribution in [2.45, 2.75) is 13.3 Å². The number of hydrogen-bond donors (Lipinski definition) is 2. The second-order valence-corrected chi connectivity index (χ2v) is 7.12. The molecule has 1 aliphatic heterocycles. The summed E-state index contributed by atoms with van der Waals surface area (Å²) < 4.78 is 7.58. The molecule has 116 valence electrons. The van der Waals surface area contributed by atoms with Gasteiger partial charge in [0.25, 0.3) is 5.91 Å². The highest BCUT2D eigenvalue weighted by Crippen LogP contribution is 2.59. The van der Waals surface area contributed by atoms with Crippen molar-refractivity contribution in [1.82, 2.24) is 24.5 Å². The Morgan fingerprint density at radius 1 is 1.41 bits per heavy atom. The van der Waals surface area contributed by atoms with Gasteiger partial charge in [-0.25, -0.2) is 10.2 Å². The van der Waals surface area contributed by atoms with Crippen LogP contribution in [0, 0.1) is 23.2 Å². The fourth-order valence-corrected chi connectivity index (χ4v) is 4.66. The fourth-order valence-electron chi connectivity index (χ4n) is 4.24. The molecule has 2 bridgehead atoms. The molecule has 3 amide bonds. The molecule has 2 fully saturated rings. The first-order valence-electron chi connectivity index (χ1n) is 7.39. The van der Waals surface area contributed by atoms with Gasteiger partial charge >= 0.3 is 6.03 Å². The molecule has 1 saturated carbocycles. The first-order chi connectivity index (χ1) is 10.6. The Balaban J connectivity index is 1.36. The van der Waals surface area contributed by atoms with Gasteiger partial charge in [0.1, 0.15) is 0 Å². The van der Waals surface area contributed by atoms with Gasteiger partial charge < -0.3 is 4.90 Å². The minimum Gasteiger partial charge on any atom is -0.322 e. The molecule has 2 aliphatic carbocycles. The van der Waals surface area contributed by atoms with Crippen molar-refractivity contribution in [3.05, 3.63) is 24.0 Å². The zero-order chi connectivity index (χ0) is 15.3. The maximum atomic E-state index is 12.3. The molecule has 4 rings (SSSR count). The zero-order valence-electron chi connectivity index (χ0n) is 12.2. The van der Waals surface area contributed by atoms with Crippen molar-refractivity contribution in [3.8, 4) is 0 Å². The maximum Gasteiger partial charge on any atom is 0.336 e. The van der Waals surface area contributed by atoms with Crippen LogP contribution in [0.1, 0.15) is 23.8 Å². The molecular formula is C14H17N5O2S. The van der Waals surface area contributed by atoms with Gasteiger partial charge in [0.15, 0.2) is 5.69 Å². The van der Waals surface area contributed by atoms with Crippen molar-refractivity contribution in [1.29, 1.82) is 0 Å². The molecule has 0 spiro atoms. The molecule has 1 saturated heterocycles. The number of aromatic nitrogens is 2. The number of rotatable bonds is 1. The molecule has 1 aromatic rings. The lowest BCUT2D eigenvalue weighted by molar-refractivity contribution is 0.0926. The molecule has 1 aromatic heterocycles. The normalized spacial score (nSPS) is 34.8. The van der Waals surface area contributed by atoms with E-state index in [2.05, 4.69) is 38.7 Å². The van der Waals surface area contributed by atoms with E-state index in [-0.39, 0.29) is 17.1 Å². The number of hydrazine groups is 1. The van der Waals surface area contributed by atoms with Crippen LogP contribution in [0.3, 0.4) is 0 Å². The van der Waals surface area contributed by atoms with E-state index in [9.17, 15) is 9.59 Å². The van der Waals surface area contributed by atoms with E-state index in [0.717, 1.165) is 24.8 Å². The van der Waals surface area contributed by atoms with Gasteiger partial charge in [0, 0.05) is 13.1 Å². The summed E-state index contributed by atoms with van der Waals surface area (Å²) in [5.74, 6) is 1.26. The van der Waals surface area contributed by atoms with Gasteiger partial charge in [-0.1, -0.05) is 19.1 Å². The van der Waals surface area contributed by atoms with Crippen LogP contribution in [-0.2, 0) is 0 Å². The number of fused-ring (bicyclic) bond motifs is 5. The van der Waals surface area contributed by atoms with Crippen LogP contribution < -0.4 is 10.9 Å². The SMILES string of the molecule is C[C@]12CN(C(=O)NNC(=O)c3cnsn3)C[C@H]1[C@H]1C=C[C@@H]2C1. The minimum absolute atomic E-state index is 0.180. The third-order valence-electron chi connectivity index (χ3n) is 5.44. The summed E-state index contributed by atoms with van der Waals surface area (Å²) in [6.07, 6.45) is 7.20. The highest BCUT2D eigenvalue weighted by Gasteiger charge is 2.58. The summed E-state index contributed by atoms with van der Waals surface area (Å²) in [5, 5.41) is 0. The predicted molar refractivity (Wildman–Crippen MR) is 79.8 cm³/mol. The number of hydrogen-bond acceptors (Lipinski definition) is 5. The Hall–Kier alpha value is -1.96. The number of carbonyl (C=O) groups is 2. The van der Waals surface area contributed by atoms with Crippen molar-refractivity contribution in [2.75, 3.05) is 13.1 Å². The van der Waals surface area contributed by atoms with Crippen LogP contribution in [0.4, 0.5) is 4.79 Å². The number of nitrogens with zero attached hydrogens (tertiary/aromatic N) is 3. The largest absolute Gasteiger partial charge is 0.336 e. The number of allylic oxidation sites excluding steroid dienone is 2. The molecule has 4 atom stereocenters. The molecule has 22 heavy (non-hydrogen) atoms. The van der Waals surface area contributed by atoms with Crippen molar-refractivity contribution in [2.24, 2.45) is 23.2 Å². The number of nitrogens with one attached hydrogen (secondary N) is 2. The third-order valence-corrected chi connectivity index (χ3v) is 5.92. The summed E-state index contributed by atoms with van der Waals surface area (Å²) in [4.78, 5) is 25.8. The van der Waals surface area contributed by atoms with Crippen molar-refractivity contribution >= 4 is 23.7 Å². The topological polar surface area (TPSA) is 87.2 Å². The first kappa shape index (κ1) is 13.7. The Bertz CT molecular complexity index is 646. The number of carbonyl (C=O) groups excluding carboxylic acids is 2. The standard InChI is InChI=1S/C14H17N5O2S/c1-14-7-19(6-10(14)8-2-3-9(14)4-8)13(21)17-16-12(20)11-5-15-22-18-11/h2-3,5,8-10H,4,6-7H2,1H3,(H,16,20)(H,17,21)/t8-,9+,10-,14+/m0/s1. The molecule has 0 aromatic carbocycles. The van der Waals surface area contributed by atoms with Gasteiger partial charge in [0.2, 0.25) is 0 Å². The van der Waals surface area contributed by atoms with Gasteiger partial charge in [-0.3, -0.25) is 10.2 Å². The van der Waals surface area contributed by atoms with Gasteiger partial charge in [-0.15, -0.1) is 0 Å². The Kier molecular flexibility index (Phi) is 2.97. The summed E-state index contributed by atoms with van der Waals surface area (Å²) in [7, 11) is 0. The molecule has 7 nitrogen and oxygen atoms in total. The quantitative estimate of drug-likeness (QED) is 0.598. The van der Waals surface area contributed by atoms with Crippen LogP contribution in [0.2, 0.25) is 0 Å². The maximum absolute atomic E-state index is 12.3. The Morgan fingerprint density at radius 2 is 2.27 bits per heavy atom. The molecular weight excluding hydrogens is 302 g/mol. The zero-order valence-corrected chi connectivity index (χ0v) is 13.0. The smallest absolute Gasteiger partial charge is 0.322 e. The van der Waals surface area contributed by atoms with Crippen LogP contribution in [-0.4, -0.2) is 38.7 Å². The molecule has 2 heterocycles. The van der Waals surface area contributed by atoms with Crippen LogP contribution >= 0.6 is 11.7 Å². The van der Waals surface area contributed by atoms with Crippen LogP contribution in [0.5, 0.6) is 0 Å². The third kappa shape index (κ3) is 1.93. The second-order valence-electron chi connectivity index (χ2n) is 6.56. The summed E-state index contributed by atoms with van der Waals surface area (Å²) in [6.45, 7) is 3.77. The van der Waals surface area contributed by atoms with E-state index in [1.165, 1.54) is 12.6 Å². The lowest BCUT2D eigenvalue weighted by Gasteiger charge is -2.31. The number of amides is 3. The van der Waals surface area contributed by atoms with Gasteiger partial charge in [-0.05, 0) is 29.6 Å². The van der Waals surface area contributed by atoms with E-state index >= 15 is 0 Å². The van der Waals surface area contributed by atoms with Crippen LogP contribution in [0.15, 0.2) is 18.3 Å². The van der Waals surface area contributed by atoms with E-state index < -0.39 is 5.91 Å². The number of likely N-dealkylation sites (tertiary alicyclic amines) is 1. The van der Waals surface area contributed by atoms with E-state index in [4.69, 9.17) is 0 Å². The van der Waals surface area contributed by atoms with Crippen LogP contribution in [0.25, 0.3) is 0 Å². The molecule has 0 unspecified atom stereocenters. The monoisotopic (exact) mass is 319 g/mol. The Labute approximate surface area is 132 Å². The lowest BCUT2D eigenvalue weighted by atomic mass is 9.72. The Morgan fingerprint density at radius 3 is 3.00 bits per heavy atom. The predicted octanol–water partition coefficient (Wildman–Crippen LogP) is 1.04. The second kappa shape index (κ2) is 4.77.